The lowest BCUT2D eigenvalue weighted by Gasteiger charge is -2.12. The van der Waals surface area contributed by atoms with Crippen LogP contribution in [0.3, 0.4) is 0 Å². The standard InChI is InChI=1S/C12H21NO3/c1-9(12(15)16-2)13-11(14)8-7-10-5-3-4-6-10/h9-10H,3-8H2,1-2H3,(H,13,14). The Morgan fingerprint density at radius 3 is 2.56 bits per heavy atom. The van der Waals surface area contributed by atoms with Gasteiger partial charge < -0.3 is 10.1 Å². The third-order valence-corrected chi connectivity index (χ3v) is 3.19. The molecule has 0 spiro atoms. The van der Waals surface area contributed by atoms with E-state index in [0.29, 0.717) is 12.3 Å². The van der Waals surface area contributed by atoms with Crippen LogP contribution >= 0.6 is 0 Å². The van der Waals surface area contributed by atoms with E-state index in [1.54, 1.807) is 6.92 Å². The highest BCUT2D eigenvalue weighted by Crippen LogP contribution is 2.28. The Kier molecular flexibility index (Phi) is 5.29. The molecule has 0 aromatic carbocycles. The molecule has 1 unspecified atom stereocenters. The molecule has 1 amide bonds. The van der Waals surface area contributed by atoms with Gasteiger partial charge in [0.25, 0.3) is 0 Å². The van der Waals surface area contributed by atoms with Crippen LogP contribution in [0, 0.1) is 5.92 Å². The van der Waals surface area contributed by atoms with Crippen LogP contribution in [0.5, 0.6) is 0 Å². The second kappa shape index (κ2) is 6.51. The highest BCUT2D eigenvalue weighted by Gasteiger charge is 2.18. The maximum Gasteiger partial charge on any atom is 0.328 e. The van der Waals surface area contributed by atoms with E-state index in [1.807, 2.05) is 0 Å². The summed E-state index contributed by atoms with van der Waals surface area (Å²) in [5, 5.41) is 2.64. The summed E-state index contributed by atoms with van der Waals surface area (Å²) in [6.45, 7) is 1.64. The Morgan fingerprint density at radius 2 is 2.00 bits per heavy atom. The van der Waals surface area contributed by atoms with Gasteiger partial charge in [-0.1, -0.05) is 25.7 Å². The zero-order valence-corrected chi connectivity index (χ0v) is 10.1. The zero-order valence-electron chi connectivity index (χ0n) is 10.1. The van der Waals surface area contributed by atoms with Crippen molar-refractivity contribution in [1.82, 2.24) is 5.32 Å². The molecule has 0 aromatic rings. The molecule has 16 heavy (non-hydrogen) atoms. The number of esters is 1. The summed E-state index contributed by atoms with van der Waals surface area (Å²) in [4.78, 5) is 22.6. The van der Waals surface area contributed by atoms with Gasteiger partial charge in [0.15, 0.2) is 0 Å². The number of hydrogen-bond acceptors (Lipinski definition) is 3. The molecule has 1 fully saturated rings. The molecule has 0 heterocycles. The van der Waals surface area contributed by atoms with E-state index in [-0.39, 0.29) is 5.91 Å². The van der Waals surface area contributed by atoms with Crippen LogP contribution in [0.4, 0.5) is 0 Å². The fourth-order valence-electron chi connectivity index (χ4n) is 2.18. The summed E-state index contributed by atoms with van der Waals surface area (Å²) in [6.07, 6.45) is 6.56. The quantitative estimate of drug-likeness (QED) is 0.726. The van der Waals surface area contributed by atoms with Crippen molar-refractivity contribution in [2.75, 3.05) is 7.11 Å². The third kappa shape index (κ3) is 4.21. The summed E-state index contributed by atoms with van der Waals surface area (Å²) in [5.74, 6) is 0.262. The van der Waals surface area contributed by atoms with Crippen molar-refractivity contribution in [2.45, 2.75) is 51.5 Å². The lowest BCUT2D eigenvalue weighted by Crippen LogP contribution is -2.39. The average molecular weight is 227 g/mol. The third-order valence-electron chi connectivity index (χ3n) is 3.19. The number of amides is 1. The van der Waals surface area contributed by atoms with Crippen molar-refractivity contribution in [2.24, 2.45) is 5.92 Å². The molecule has 1 atom stereocenters. The zero-order chi connectivity index (χ0) is 12.0. The Labute approximate surface area is 96.7 Å². The molecule has 0 radical (unpaired) electrons. The predicted octanol–water partition coefficient (Wildman–Crippen LogP) is 1.63. The van der Waals surface area contributed by atoms with Crippen molar-refractivity contribution < 1.29 is 14.3 Å². The fraction of sp³-hybridized carbons (Fsp3) is 0.833. The molecular weight excluding hydrogens is 206 g/mol. The van der Waals surface area contributed by atoms with Crippen molar-refractivity contribution in [3.8, 4) is 0 Å². The number of ether oxygens (including phenoxy) is 1. The Bertz CT molecular complexity index is 247. The molecule has 1 saturated carbocycles. The Balaban J connectivity index is 2.17. The minimum Gasteiger partial charge on any atom is -0.467 e. The van der Waals surface area contributed by atoms with Crippen LogP contribution in [-0.2, 0) is 14.3 Å². The van der Waals surface area contributed by atoms with Gasteiger partial charge >= 0.3 is 5.97 Å². The molecule has 4 nitrogen and oxygen atoms in total. The average Bonchev–Trinajstić information content (AvgIpc) is 2.78. The van der Waals surface area contributed by atoms with Gasteiger partial charge in [0, 0.05) is 6.42 Å². The molecular formula is C12H21NO3. The van der Waals surface area contributed by atoms with Crippen molar-refractivity contribution >= 4 is 11.9 Å². The van der Waals surface area contributed by atoms with Crippen LogP contribution in [0.2, 0.25) is 0 Å². The fourth-order valence-corrected chi connectivity index (χ4v) is 2.18. The summed E-state index contributed by atoms with van der Waals surface area (Å²) in [6, 6.07) is -0.541. The molecule has 0 saturated heterocycles. The van der Waals surface area contributed by atoms with E-state index in [0.717, 1.165) is 6.42 Å². The number of carbonyl (C=O) groups is 2. The molecule has 92 valence electrons. The van der Waals surface area contributed by atoms with Crippen LogP contribution < -0.4 is 5.32 Å². The van der Waals surface area contributed by atoms with E-state index in [1.165, 1.54) is 32.8 Å². The summed E-state index contributed by atoms with van der Waals surface area (Å²) in [7, 11) is 1.32. The second-order valence-corrected chi connectivity index (χ2v) is 4.50. The van der Waals surface area contributed by atoms with Gasteiger partial charge in [-0.05, 0) is 19.3 Å². The highest BCUT2D eigenvalue weighted by atomic mass is 16.5. The van der Waals surface area contributed by atoms with Crippen LogP contribution in [-0.4, -0.2) is 25.0 Å². The van der Waals surface area contributed by atoms with Crippen LogP contribution in [0.15, 0.2) is 0 Å². The number of methoxy groups -OCH3 is 1. The molecule has 1 aliphatic carbocycles. The number of hydrogen-bond donors (Lipinski definition) is 1. The molecule has 1 aliphatic rings. The van der Waals surface area contributed by atoms with Gasteiger partial charge in [-0.2, -0.15) is 0 Å². The van der Waals surface area contributed by atoms with Crippen LogP contribution in [0.1, 0.15) is 45.4 Å². The van der Waals surface area contributed by atoms with E-state index in [4.69, 9.17) is 0 Å². The molecule has 0 aliphatic heterocycles. The van der Waals surface area contributed by atoms with Gasteiger partial charge in [-0.15, -0.1) is 0 Å². The smallest absolute Gasteiger partial charge is 0.328 e. The molecule has 1 N–H and O–H groups in total. The van der Waals surface area contributed by atoms with Gasteiger partial charge in [0.1, 0.15) is 6.04 Å². The number of carbonyl (C=O) groups excluding carboxylic acids is 2. The molecule has 0 bridgehead atoms. The van der Waals surface area contributed by atoms with Gasteiger partial charge in [-0.25, -0.2) is 4.79 Å². The van der Waals surface area contributed by atoms with Gasteiger partial charge in [0.2, 0.25) is 5.91 Å². The van der Waals surface area contributed by atoms with Crippen molar-refractivity contribution in [3.05, 3.63) is 0 Å². The first-order chi connectivity index (χ1) is 7.63. The SMILES string of the molecule is COC(=O)C(C)NC(=O)CCC1CCCC1. The number of rotatable bonds is 5. The normalized spacial score (nSPS) is 18.1. The van der Waals surface area contributed by atoms with E-state index >= 15 is 0 Å². The van der Waals surface area contributed by atoms with Gasteiger partial charge in [0.05, 0.1) is 7.11 Å². The first-order valence-corrected chi connectivity index (χ1v) is 6.00. The number of nitrogens with one attached hydrogen (secondary N) is 1. The first-order valence-electron chi connectivity index (χ1n) is 6.00. The van der Waals surface area contributed by atoms with E-state index in [2.05, 4.69) is 10.1 Å². The first kappa shape index (κ1) is 13.0. The van der Waals surface area contributed by atoms with E-state index in [9.17, 15) is 9.59 Å². The summed E-state index contributed by atoms with van der Waals surface area (Å²) < 4.78 is 4.54. The Morgan fingerprint density at radius 1 is 1.38 bits per heavy atom. The summed E-state index contributed by atoms with van der Waals surface area (Å²) in [5.41, 5.74) is 0. The molecule has 0 aromatic heterocycles. The minimum absolute atomic E-state index is 0.0511. The maximum absolute atomic E-state index is 11.5. The van der Waals surface area contributed by atoms with E-state index < -0.39 is 12.0 Å². The lowest BCUT2D eigenvalue weighted by molar-refractivity contribution is -0.144. The maximum atomic E-state index is 11.5. The molecule has 1 rings (SSSR count). The highest BCUT2D eigenvalue weighted by molar-refractivity contribution is 5.83. The van der Waals surface area contributed by atoms with Gasteiger partial charge in [-0.3, -0.25) is 4.79 Å². The topological polar surface area (TPSA) is 55.4 Å². The minimum atomic E-state index is -0.541. The lowest BCUT2D eigenvalue weighted by atomic mass is 10.0. The van der Waals surface area contributed by atoms with Crippen molar-refractivity contribution in [1.29, 1.82) is 0 Å². The van der Waals surface area contributed by atoms with Crippen molar-refractivity contribution in [3.63, 3.8) is 0 Å². The Hall–Kier alpha value is -1.06. The predicted molar refractivity (Wildman–Crippen MR) is 60.8 cm³/mol. The summed E-state index contributed by atoms with van der Waals surface area (Å²) >= 11 is 0. The monoisotopic (exact) mass is 227 g/mol. The largest absolute Gasteiger partial charge is 0.467 e. The van der Waals surface area contributed by atoms with Crippen LogP contribution in [0.25, 0.3) is 0 Å². The molecule has 4 heteroatoms. The second-order valence-electron chi connectivity index (χ2n) is 4.50.